The number of carbonyl (C=O) groups excluding carboxylic acids is 2. The molecule has 0 saturated heterocycles. The number of aryl methyl sites for hydroxylation is 2. The normalized spacial score (nSPS) is 10.7. The van der Waals surface area contributed by atoms with Gasteiger partial charge in [0.2, 0.25) is 0 Å². The van der Waals surface area contributed by atoms with Gasteiger partial charge in [0.1, 0.15) is 0 Å². The highest BCUT2D eigenvalue weighted by Gasteiger charge is 2.06. The number of hydrogen-bond acceptors (Lipinski definition) is 4. The highest BCUT2D eigenvalue weighted by atomic mass is 32.2. The minimum absolute atomic E-state index is 0.303. The van der Waals surface area contributed by atoms with Crippen LogP contribution in [0.15, 0.2) is 64.4 Å². The van der Waals surface area contributed by atoms with E-state index in [9.17, 15) is 9.59 Å². The van der Waals surface area contributed by atoms with Crippen molar-refractivity contribution in [2.45, 2.75) is 30.6 Å². The van der Waals surface area contributed by atoms with Gasteiger partial charge in [0.25, 0.3) is 5.91 Å². The molecule has 0 bridgehead atoms. The van der Waals surface area contributed by atoms with Crippen molar-refractivity contribution in [2.75, 3.05) is 11.9 Å². The van der Waals surface area contributed by atoms with E-state index in [-0.39, 0.29) is 12.5 Å². The van der Waals surface area contributed by atoms with Crippen LogP contribution in [0, 0.1) is 13.8 Å². The monoisotopic (exact) mass is 355 g/mol. The second-order valence-electron chi connectivity index (χ2n) is 5.55. The number of benzene rings is 2. The van der Waals surface area contributed by atoms with E-state index < -0.39 is 5.97 Å². The summed E-state index contributed by atoms with van der Waals surface area (Å²) in [5.74, 6) is -0.897. The van der Waals surface area contributed by atoms with E-state index in [1.807, 2.05) is 24.3 Å². The summed E-state index contributed by atoms with van der Waals surface area (Å²) in [6, 6.07) is 13.9. The van der Waals surface area contributed by atoms with Gasteiger partial charge in [0.15, 0.2) is 6.61 Å². The van der Waals surface area contributed by atoms with Crippen LogP contribution in [-0.2, 0) is 14.3 Å². The molecule has 0 unspecified atom stereocenters. The van der Waals surface area contributed by atoms with Gasteiger partial charge in [-0.2, -0.15) is 0 Å². The number of esters is 1. The Balaban J connectivity index is 1.92. The summed E-state index contributed by atoms with van der Waals surface area (Å²) in [6.45, 7) is 5.57. The Morgan fingerprint density at radius 1 is 1.12 bits per heavy atom. The molecule has 0 atom stereocenters. The standard InChI is InChI=1S/C20H21NO3S/c1-4-5-20(23)24-13-19(22)21-16-8-10-17(11-9-16)25-18-12-14(2)6-7-15(18)3/h4-12H,13H2,1-3H3,(H,21,22)/b5-4+. The van der Waals surface area contributed by atoms with Crippen molar-refractivity contribution in [3.8, 4) is 0 Å². The first-order valence-corrected chi connectivity index (χ1v) is 8.74. The summed E-state index contributed by atoms with van der Waals surface area (Å²) in [5, 5.41) is 2.70. The molecule has 0 aromatic heterocycles. The number of carbonyl (C=O) groups is 2. The van der Waals surface area contributed by atoms with Gasteiger partial charge in [0.05, 0.1) is 0 Å². The van der Waals surface area contributed by atoms with Crippen molar-refractivity contribution in [1.82, 2.24) is 0 Å². The van der Waals surface area contributed by atoms with Crippen LogP contribution < -0.4 is 5.32 Å². The second kappa shape index (κ2) is 9.08. The van der Waals surface area contributed by atoms with Crippen LogP contribution in [0.4, 0.5) is 5.69 Å². The van der Waals surface area contributed by atoms with Crippen molar-refractivity contribution >= 4 is 29.3 Å². The SMILES string of the molecule is C/C=C/C(=O)OCC(=O)Nc1ccc(Sc2cc(C)ccc2C)cc1. The largest absolute Gasteiger partial charge is 0.452 e. The second-order valence-corrected chi connectivity index (χ2v) is 6.67. The molecule has 0 aliphatic carbocycles. The number of nitrogens with one attached hydrogen (secondary N) is 1. The Labute approximate surface area is 152 Å². The number of ether oxygens (including phenoxy) is 1. The van der Waals surface area contributed by atoms with Crippen molar-refractivity contribution in [3.63, 3.8) is 0 Å². The molecule has 0 aliphatic heterocycles. The lowest BCUT2D eigenvalue weighted by molar-refractivity contribution is -0.142. The first kappa shape index (κ1) is 18.8. The molecule has 0 heterocycles. The Morgan fingerprint density at radius 3 is 2.52 bits per heavy atom. The fraction of sp³-hybridized carbons (Fsp3) is 0.200. The van der Waals surface area contributed by atoms with Gasteiger partial charge in [-0.05, 0) is 62.2 Å². The zero-order valence-electron chi connectivity index (χ0n) is 14.5. The number of anilines is 1. The first-order valence-electron chi connectivity index (χ1n) is 7.92. The maximum atomic E-state index is 11.8. The third kappa shape index (κ3) is 6.12. The van der Waals surface area contributed by atoms with E-state index in [1.165, 1.54) is 22.1 Å². The van der Waals surface area contributed by atoms with E-state index in [1.54, 1.807) is 24.8 Å². The Morgan fingerprint density at radius 2 is 1.84 bits per heavy atom. The van der Waals surface area contributed by atoms with Gasteiger partial charge in [-0.15, -0.1) is 0 Å². The topological polar surface area (TPSA) is 55.4 Å². The van der Waals surface area contributed by atoms with Crippen LogP contribution >= 0.6 is 11.8 Å². The number of rotatable bonds is 6. The number of amides is 1. The van der Waals surface area contributed by atoms with Crippen LogP contribution in [0.2, 0.25) is 0 Å². The van der Waals surface area contributed by atoms with Crippen molar-refractivity contribution < 1.29 is 14.3 Å². The molecular formula is C20H21NO3S. The summed E-state index contributed by atoms with van der Waals surface area (Å²) in [6.07, 6.45) is 2.83. The predicted octanol–water partition coefficient (Wildman–Crippen LogP) is 4.51. The summed E-state index contributed by atoms with van der Waals surface area (Å²) in [4.78, 5) is 25.2. The molecule has 0 saturated carbocycles. The van der Waals surface area contributed by atoms with Gasteiger partial charge in [-0.25, -0.2) is 4.79 Å². The molecule has 25 heavy (non-hydrogen) atoms. The maximum absolute atomic E-state index is 11.8. The lowest BCUT2D eigenvalue weighted by atomic mass is 10.2. The van der Waals surface area contributed by atoms with E-state index in [0.29, 0.717) is 5.69 Å². The minimum Gasteiger partial charge on any atom is -0.452 e. The molecule has 0 radical (unpaired) electrons. The molecule has 0 spiro atoms. The van der Waals surface area contributed by atoms with Gasteiger partial charge >= 0.3 is 5.97 Å². The Hall–Kier alpha value is -2.53. The summed E-state index contributed by atoms with van der Waals surface area (Å²) in [5.41, 5.74) is 3.12. The molecule has 0 aliphatic rings. The average molecular weight is 355 g/mol. The lowest BCUT2D eigenvalue weighted by Gasteiger charge is -2.09. The van der Waals surface area contributed by atoms with Crippen LogP contribution in [0.3, 0.4) is 0 Å². The summed E-state index contributed by atoms with van der Waals surface area (Å²) in [7, 11) is 0. The number of hydrogen-bond donors (Lipinski definition) is 1. The molecule has 2 aromatic rings. The van der Waals surface area contributed by atoms with Crippen LogP contribution in [0.5, 0.6) is 0 Å². The van der Waals surface area contributed by atoms with Crippen LogP contribution in [0.1, 0.15) is 18.1 Å². The molecule has 2 aromatic carbocycles. The first-order chi connectivity index (χ1) is 12.0. The zero-order valence-corrected chi connectivity index (χ0v) is 15.4. The lowest BCUT2D eigenvalue weighted by Crippen LogP contribution is -2.20. The molecule has 5 heteroatoms. The molecule has 4 nitrogen and oxygen atoms in total. The third-order valence-corrected chi connectivity index (χ3v) is 4.53. The molecule has 1 amide bonds. The molecule has 1 N–H and O–H groups in total. The molecular weight excluding hydrogens is 334 g/mol. The fourth-order valence-electron chi connectivity index (χ4n) is 2.07. The highest BCUT2D eigenvalue weighted by Crippen LogP contribution is 2.31. The summed E-state index contributed by atoms with van der Waals surface area (Å²) < 4.78 is 4.80. The smallest absolute Gasteiger partial charge is 0.330 e. The van der Waals surface area contributed by atoms with E-state index in [0.717, 1.165) is 4.90 Å². The van der Waals surface area contributed by atoms with Crippen molar-refractivity contribution in [2.24, 2.45) is 0 Å². The highest BCUT2D eigenvalue weighted by molar-refractivity contribution is 7.99. The Bertz CT molecular complexity index is 782. The van der Waals surface area contributed by atoms with Crippen molar-refractivity contribution in [3.05, 3.63) is 65.7 Å². The third-order valence-electron chi connectivity index (χ3n) is 3.36. The molecule has 0 fully saturated rings. The van der Waals surface area contributed by atoms with Crippen molar-refractivity contribution in [1.29, 1.82) is 0 Å². The predicted molar refractivity (Wildman–Crippen MR) is 101 cm³/mol. The fourth-order valence-corrected chi connectivity index (χ4v) is 3.07. The maximum Gasteiger partial charge on any atom is 0.330 e. The van der Waals surface area contributed by atoms with Gasteiger partial charge in [-0.1, -0.05) is 30.0 Å². The zero-order chi connectivity index (χ0) is 18.2. The average Bonchev–Trinajstić information content (AvgIpc) is 2.58. The quantitative estimate of drug-likeness (QED) is 0.612. The van der Waals surface area contributed by atoms with E-state index >= 15 is 0 Å². The van der Waals surface area contributed by atoms with Gasteiger partial charge in [0, 0.05) is 21.6 Å². The van der Waals surface area contributed by atoms with Crippen LogP contribution in [0.25, 0.3) is 0 Å². The van der Waals surface area contributed by atoms with Crippen LogP contribution in [-0.4, -0.2) is 18.5 Å². The molecule has 130 valence electrons. The molecule has 2 rings (SSSR count). The Kier molecular flexibility index (Phi) is 6.83. The summed E-state index contributed by atoms with van der Waals surface area (Å²) >= 11 is 1.69. The van der Waals surface area contributed by atoms with E-state index in [2.05, 4.69) is 37.4 Å². The van der Waals surface area contributed by atoms with Gasteiger partial charge in [-0.3, -0.25) is 4.79 Å². The minimum atomic E-state index is -0.530. The number of allylic oxidation sites excluding steroid dienone is 1. The van der Waals surface area contributed by atoms with E-state index in [4.69, 9.17) is 4.74 Å². The van der Waals surface area contributed by atoms with Gasteiger partial charge < -0.3 is 10.1 Å².